The zero-order valence-electron chi connectivity index (χ0n) is 11.0. The van der Waals surface area contributed by atoms with E-state index in [1.807, 2.05) is 34.7 Å². The van der Waals surface area contributed by atoms with Crippen LogP contribution in [-0.2, 0) is 0 Å². The van der Waals surface area contributed by atoms with Crippen LogP contribution in [0, 0.1) is 7.14 Å². The lowest BCUT2D eigenvalue weighted by atomic mass is 10.2. The van der Waals surface area contributed by atoms with Crippen molar-refractivity contribution in [3.63, 3.8) is 0 Å². The Bertz CT molecular complexity index is 642. The molecule has 0 amide bonds. The number of ether oxygens (including phenoxy) is 1. The fraction of sp³-hybridized carbons (Fsp3) is 0.0667. The van der Waals surface area contributed by atoms with E-state index in [0.29, 0.717) is 26.7 Å². The first-order chi connectivity index (χ1) is 10.0. The molecule has 2 aromatic carbocycles. The number of methoxy groups -OCH3 is 1. The van der Waals surface area contributed by atoms with Crippen LogP contribution in [0.3, 0.4) is 0 Å². The summed E-state index contributed by atoms with van der Waals surface area (Å²) in [6, 6.07) is 10.5. The summed E-state index contributed by atoms with van der Waals surface area (Å²) in [6.45, 7) is 0. The van der Waals surface area contributed by atoms with Gasteiger partial charge in [-0.05, 0) is 69.4 Å². The number of phenolic OH excluding ortho intramolecular Hbond substituents is 1. The minimum absolute atomic E-state index is 0.0677. The Hall–Kier alpha value is -1.16. The Morgan fingerprint density at radius 1 is 0.952 bits per heavy atom. The van der Waals surface area contributed by atoms with E-state index in [2.05, 4.69) is 22.6 Å². The van der Waals surface area contributed by atoms with Crippen molar-refractivity contribution in [2.45, 2.75) is 0 Å². The summed E-state index contributed by atoms with van der Waals surface area (Å²) in [6.07, 6.45) is 1.43. The second-order valence-electron chi connectivity index (χ2n) is 3.78. The predicted octanol–water partition coefficient (Wildman–Crippen LogP) is 3.92. The third-order valence-corrected chi connectivity index (χ3v) is 4.19. The van der Waals surface area contributed by atoms with E-state index in [1.54, 1.807) is 31.4 Å². The number of carbonyl (C=O) groups is 2. The molecule has 0 spiro atoms. The Morgan fingerprint density at radius 3 is 1.90 bits per heavy atom. The quantitative estimate of drug-likeness (QED) is 0.503. The molecule has 0 saturated heterocycles. The van der Waals surface area contributed by atoms with Gasteiger partial charge in [-0.15, -0.1) is 0 Å². The molecule has 110 valence electrons. The molecular formula is C15H12I2O4. The maximum absolute atomic E-state index is 10.5. The Kier molecular flexibility index (Phi) is 7.65. The minimum atomic E-state index is 0.0677. The minimum Gasteiger partial charge on any atom is -0.506 e. The van der Waals surface area contributed by atoms with Crippen molar-refractivity contribution >= 4 is 57.8 Å². The van der Waals surface area contributed by atoms with E-state index < -0.39 is 0 Å². The Balaban J connectivity index is 0.000000211. The van der Waals surface area contributed by atoms with Gasteiger partial charge in [0, 0.05) is 0 Å². The Labute approximate surface area is 149 Å². The summed E-state index contributed by atoms with van der Waals surface area (Å²) in [5.74, 6) is 0.723. The highest BCUT2D eigenvalue weighted by molar-refractivity contribution is 14.1. The number of halogens is 2. The monoisotopic (exact) mass is 510 g/mol. The number of benzene rings is 2. The van der Waals surface area contributed by atoms with Gasteiger partial charge in [0.1, 0.15) is 11.5 Å². The van der Waals surface area contributed by atoms with E-state index in [4.69, 9.17) is 9.84 Å². The number of hydrogen-bond donors (Lipinski definition) is 1. The van der Waals surface area contributed by atoms with Crippen LogP contribution < -0.4 is 4.74 Å². The lowest BCUT2D eigenvalue weighted by Gasteiger charge is -2.04. The van der Waals surface area contributed by atoms with E-state index in [0.717, 1.165) is 9.86 Å². The molecule has 0 saturated carbocycles. The van der Waals surface area contributed by atoms with Crippen LogP contribution in [0.4, 0.5) is 0 Å². The third kappa shape index (κ3) is 4.95. The molecule has 0 atom stereocenters. The normalized spacial score (nSPS) is 9.29. The molecule has 0 aliphatic carbocycles. The number of aldehydes is 2. The standard InChI is InChI=1S/C8H7IO2.C7H5IO2/c1-11-8-6(5-10)3-2-4-7(8)9;8-6-3-1-2-5(4-9)7(6)10/h2-5H,1H3;1-4,10H. The van der Waals surface area contributed by atoms with Crippen molar-refractivity contribution in [1.82, 2.24) is 0 Å². The van der Waals surface area contributed by atoms with Gasteiger partial charge in [0.25, 0.3) is 0 Å². The van der Waals surface area contributed by atoms with Gasteiger partial charge in [-0.3, -0.25) is 9.59 Å². The van der Waals surface area contributed by atoms with Crippen LogP contribution in [0.15, 0.2) is 36.4 Å². The number of para-hydroxylation sites is 2. The fourth-order valence-electron chi connectivity index (χ4n) is 1.46. The first-order valence-corrected chi connectivity index (χ1v) is 7.91. The van der Waals surface area contributed by atoms with Crippen LogP contribution in [0.2, 0.25) is 0 Å². The average molecular weight is 510 g/mol. The third-order valence-electron chi connectivity index (χ3n) is 2.47. The summed E-state index contributed by atoms with van der Waals surface area (Å²) < 4.78 is 6.68. The van der Waals surface area contributed by atoms with Crippen LogP contribution in [0.5, 0.6) is 11.5 Å². The van der Waals surface area contributed by atoms with Crippen LogP contribution in [0.1, 0.15) is 20.7 Å². The number of hydrogen-bond acceptors (Lipinski definition) is 4. The van der Waals surface area contributed by atoms with Crippen LogP contribution in [0.25, 0.3) is 0 Å². The molecule has 4 nitrogen and oxygen atoms in total. The summed E-state index contributed by atoms with van der Waals surface area (Å²) in [5.41, 5.74) is 0.936. The Morgan fingerprint density at radius 2 is 1.48 bits per heavy atom. The van der Waals surface area contributed by atoms with Gasteiger partial charge in [-0.1, -0.05) is 12.1 Å². The second kappa shape index (κ2) is 8.98. The molecule has 0 aromatic heterocycles. The van der Waals surface area contributed by atoms with Gasteiger partial charge >= 0.3 is 0 Å². The van der Waals surface area contributed by atoms with Gasteiger partial charge in [0.15, 0.2) is 12.6 Å². The highest BCUT2D eigenvalue weighted by Crippen LogP contribution is 2.23. The van der Waals surface area contributed by atoms with Gasteiger partial charge in [0.2, 0.25) is 0 Å². The summed E-state index contributed by atoms with van der Waals surface area (Å²) in [5, 5.41) is 9.16. The van der Waals surface area contributed by atoms with Gasteiger partial charge in [-0.25, -0.2) is 0 Å². The number of carbonyl (C=O) groups excluding carboxylic acids is 2. The topological polar surface area (TPSA) is 63.6 Å². The highest BCUT2D eigenvalue weighted by Gasteiger charge is 2.04. The number of phenols is 1. The molecule has 0 aliphatic heterocycles. The van der Waals surface area contributed by atoms with E-state index in [1.165, 1.54) is 0 Å². The molecule has 0 heterocycles. The van der Waals surface area contributed by atoms with Crippen molar-refractivity contribution in [3.05, 3.63) is 54.7 Å². The number of aromatic hydroxyl groups is 1. The maximum atomic E-state index is 10.5. The van der Waals surface area contributed by atoms with Gasteiger partial charge in [-0.2, -0.15) is 0 Å². The first-order valence-electron chi connectivity index (χ1n) is 5.75. The van der Waals surface area contributed by atoms with E-state index in [-0.39, 0.29) is 5.75 Å². The SMILES string of the molecule is COc1c(I)cccc1C=O.O=Cc1cccc(I)c1O. The molecule has 2 rings (SSSR count). The van der Waals surface area contributed by atoms with Gasteiger partial charge in [0.05, 0.1) is 25.4 Å². The molecule has 0 unspecified atom stereocenters. The summed E-state index contributed by atoms with van der Waals surface area (Å²) in [7, 11) is 1.56. The maximum Gasteiger partial charge on any atom is 0.153 e. The molecule has 0 radical (unpaired) electrons. The smallest absolute Gasteiger partial charge is 0.153 e. The van der Waals surface area contributed by atoms with E-state index in [9.17, 15) is 9.59 Å². The van der Waals surface area contributed by atoms with Crippen molar-refractivity contribution in [3.8, 4) is 11.5 Å². The molecular weight excluding hydrogens is 498 g/mol. The van der Waals surface area contributed by atoms with Crippen LogP contribution in [-0.4, -0.2) is 24.8 Å². The van der Waals surface area contributed by atoms with E-state index >= 15 is 0 Å². The second-order valence-corrected chi connectivity index (χ2v) is 6.10. The number of rotatable bonds is 3. The zero-order valence-corrected chi connectivity index (χ0v) is 15.4. The van der Waals surface area contributed by atoms with Crippen molar-refractivity contribution in [2.75, 3.05) is 7.11 Å². The molecule has 6 heteroatoms. The predicted molar refractivity (Wildman–Crippen MR) is 97.3 cm³/mol. The van der Waals surface area contributed by atoms with Gasteiger partial charge < -0.3 is 9.84 Å². The first kappa shape index (κ1) is 17.9. The molecule has 0 aliphatic rings. The van der Waals surface area contributed by atoms with Crippen molar-refractivity contribution in [2.24, 2.45) is 0 Å². The molecule has 1 N–H and O–H groups in total. The fourth-order valence-corrected chi connectivity index (χ4v) is 2.72. The lowest BCUT2D eigenvalue weighted by Crippen LogP contribution is -1.92. The molecule has 21 heavy (non-hydrogen) atoms. The van der Waals surface area contributed by atoms with Crippen molar-refractivity contribution < 1.29 is 19.4 Å². The lowest BCUT2D eigenvalue weighted by molar-refractivity contribution is 0.111. The average Bonchev–Trinajstić information content (AvgIpc) is 2.50. The molecule has 0 bridgehead atoms. The zero-order chi connectivity index (χ0) is 15.8. The molecule has 2 aromatic rings. The highest BCUT2D eigenvalue weighted by atomic mass is 127. The van der Waals surface area contributed by atoms with Crippen LogP contribution >= 0.6 is 45.2 Å². The summed E-state index contributed by atoms with van der Waals surface area (Å²) >= 11 is 4.09. The largest absolute Gasteiger partial charge is 0.506 e. The van der Waals surface area contributed by atoms with Crippen molar-refractivity contribution in [1.29, 1.82) is 0 Å². The molecule has 0 fully saturated rings. The summed E-state index contributed by atoms with van der Waals surface area (Å²) in [4.78, 5) is 20.7.